The molecule has 28 heavy (non-hydrogen) atoms. The van der Waals surface area contributed by atoms with E-state index in [0.717, 1.165) is 6.42 Å². The van der Waals surface area contributed by atoms with E-state index in [1.54, 1.807) is 24.3 Å². The van der Waals surface area contributed by atoms with Crippen LogP contribution in [0.2, 0.25) is 0 Å². The Kier molecular flexibility index (Phi) is 9.99. The fourth-order valence-electron chi connectivity index (χ4n) is 2.61. The Bertz CT molecular complexity index is 639. The molecule has 0 saturated heterocycles. The Morgan fingerprint density at radius 1 is 1.18 bits per heavy atom. The second kappa shape index (κ2) is 11.7. The minimum absolute atomic E-state index is 0.109. The molecule has 3 atom stereocenters. The molecule has 0 saturated carbocycles. The van der Waals surface area contributed by atoms with E-state index in [0.29, 0.717) is 18.8 Å². The highest BCUT2D eigenvalue weighted by Gasteiger charge is 2.32. The van der Waals surface area contributed by atoms with Crippen molar-refractivity contribution in [3.63, 3.8) is 0 Å². The standard InChI is InChI=1S/C19H31BN2O6/c1-5-9-28-15-8-6-7-14(11-15)18(24)22-17(13(4)23)19(25)21-16(20(26)27)10-12(2)3/h6-8,11-13,16-17,23,26-27H,5,9-10H2,1-4H3,(H,21,25)(H,22,24)/t13-,16+,17+/m1/s1. The van der Waals surface area contributed by atoms with Gasteiger partial charge >= 0.3 is 7.12 Å². The van der Waals surface area contributed by atoms with Crippen LogP contribution in [0.1, 0.15) is 50.9 Å². The first kappa shape index (κ1) is 23.9. The largest absolute Gasteiger partial charge is 0.494 e. The number of nitrogens with one attached hydrogen (secondary N) is 2. The number of hydrogen-bond acceptors (Lipinski definition) is 6. The number of benzene rings is 1. The summed E-state index contributed by atoms with van der Waals surface area (Å²) in [5.41, 5.74) is 0.285. The highest BCUT2D eigenvalue weighted by atomic mass is 16.5. The molecule has 1 aromatic carbocycles. The number of amides is 2. The Labute approximate surface area is 166 Å². The van der Waals surface area contributed by atoms with Gasteiger partial charge in [-0.25, -0.2) is 0 Å². The van der Waals surface area contributed by atoms with Gasteiger partial charge in [0.05, 0.1) is 18.7 Å². The van der Waals surface area contributed by atoms with Gasteiger partial charge in [-0.1, -0.05) is 26.8 Å². The summed E-state index contributed by atoms with van der Waals surface area (Å²) in [6, 6.07) is 5.27. The van der Waals surface area contributed by atoms with Crippen molar-refractivity contribution in [1.82, 2.24) is 10.6 Å². The molecule has 9 heteroatoms. The molecule has 0 radical (unpaired) electrons. The van der Waals surface area contributed by atoms with E-state index in [1.807, 2.05) is 20.8 Å². The maximum absolute atomic E-state index is 12.5. The van der Waals surface area contributed by atoms with Crippen molar-refractivity contribution in [3.8, 4) is 5.75 Å². The van der Waals surface area contributed by atoms with Crippen molar-refractivity contribution >= 4 is 18.9 Å². The Balaban J connectivity index is 2.85. The van der Waals surface area contributed by atoms with Gasteiger partial charge in [-0.2, -0.15) is 0 Å². The van der Waals surface area contributed by atoms with Gasteiger partial charge < -0.3 is 30.5 Å². The Morgan fingerprint density at radius 3 is 2.39 bits per heavy atom. The summed E-state index contributed by atoms with van der Waals surface area (Å²) in [6.07, 6.45) is -0.0191. The number of hydrogen-bond donors (Lipinski definition) is 5. The second-order valence-electron chi connectivity index (χ2n) is 7.23. The number of aliphatic hydroxyl groups excluding tert-OH is 1. The van der Waals surface area contributed by atoms with Gasteiger partial charge in [0.15, 0.2) is 0 Å². The summed E-state index contributed by atoms with van der Waals surface area (Å²) in [7, 11) is -1.75. The van der Waals surface area contributed by atoms with Gasteiger partial charge in [-0.3, -0.25) is 9.59 Å². The molecule has 5 N–H and O–H groups in total. The van der Waals surface area contributed by atoms with E-state index in [9.17, 15) is 24.7 Å². The summed E-state index contributed by atoms with van der Waals surface area (Å²) >= 11 is 0. The molecule has 0 bridgehead atoms. The first-order chi connectivity index (χ1) is 13.1. The van der Waals surface area contributed by atoms with Crippen LogP contribution in [0, 0.1) is 5.92 Å². The lowest BCUT2D eigenvalue weighted by molar-refractivity contribution is -0.125. The van der Waals surface area contributed by atoms with Gasteiger partial charge in [0, 0.05) is 5.56 Å². The third-order valence-corrected chi connectivity index (χ3v) is 4.03. The lowest BCUT2D eigenvalue weighted by Gasteiger charge is -2.25. The monoisotopic (exact) mass is 394 g/mol. The molecular weight excluding hydrogens is 363 g/mol. The van der Waals surface area contributed by atoms with Crippen LogP contribution in [0.4, 0.5) is 0 Å². The maximum atomic E-state index is 12.5. The maximum Gasteiger partial charge on any atom is 0.475 e. The third-order valence-electron chi connectivity index (χ3n) is 4.03. The minimum atomic E-state index is -1.75. The normalized spacial score (nSPS) is 14.1. The van der Waals surface area contributed by atoms with E-state index in [-0.39, 0.29) is 11.5 Å². The van der Waals surface area contributed by atoms with Crippen LogP contribution in [0.25, 0.3) is 0 Å². The zero-order valence-corrected chi connectivity index (χ0v) is 16.9. The van der Waals surface area contributed by atoms with Gasteiger partial charge in [0.2, 0.25) is 5.91 Å². The number of ether oxygens (including phenoxy) is 1. The van der Waals surface area contributed by atoms with Crippen LogP contribution in [0.5, 0.6) is 5.75 Å². The predicted octanol–water partition coefficient (Wildman–Crippen LogP) is 0.498. The van der Waals surface area contributed by atoms with Gasteiger partial charge in [0.25, 0.3) is 5.91 Å². The summed E-state index contributed by atoms with van der Waals surface area (Å²) in [4.78, 5) is 25.1. The van der Waals surface area contributed by atoms with E-state index in [2.05, 4.69) is 10.6 Å². The van der Waals surface area contributed by atoms with Crippen LogP contribution in [-0.2, 0) is 4.79 Å². The van der Waals surface area contributed by atoms with Crippen molar-refractivity contribution in [2.75, 3.05) is 6.61 Å². The SMILES string of the molecule is CCCOc1cccc(C(=O)N[C@H](C(=O)N[C@@H](CC(C)C)B(O)O)[C@@H](C)O)c1. The van der Waals surface area contributed by atoms with E-state index in [1.165, 1.54) is 6.92 Å². The van der Waals surface area contributed by atoms with Gasteiger partial charge in [-0.15, -0.1) is 0 Å². The average molecular weight is 394 g/mol. The molecule has 0 unspecified atom stereocenters. The van der Waals surface area contributed by atoms with Crippen molar-refractivity contribution in [3.05, 3.63) is 29.8 Å². The highest BCUT2D eigenvalue weighted by Crippen LogP contribution is 2.14. The smallest absolute Gasteiger partial charge is 0.475 e. The molecule has 2 amide bonds. The molecule has 0 heterocycles. The first-order valence-electron chi connectivity index (χ1n) is 9.54. The zero-order valence-electron chi connectivity index (χ0n) is 16.9. The van der Waals surface area contributed by atoms with Crippen molar-refractivity contribution < 1.29 is 29.5 Å². The lowest BCUT2D eigenvalue weighted by atomic mass is 9.75. The highest BCUT2D eigenvalue weighted by molar-refractivity contribution is 6.43. The zero-order chi connectivity index (χ0) is 21.3. The molecule has 0 spiro atoms. The van der Waals surface area contributed by atoms with Gasteiger partial charge in [-0.05, 0) is 43.9 Å². The lowest BCUT2D eigenvalue weighted by Crippen LogP contribution is -2.57. The number of rotatable bonds is 11. The van der Waals surface area contributed by atoms with Crippen molar-refractivity contribution in [2.24, 2.45) is 5.92 Å². The molecule has 156 valence electrons. The molecule has 1 aromatic rings. The number of aliphatic hydroxyl groups is 1. The summed E-state index contributed by atoms with van der Waals surface area (Å²) in [6.45, 7) is 7.62. The van der Waals surface area contributed by atoms with Crippen LogP contribution < -0.4 is 15.4 Å². The fourth-order valence-corrected chi connectivity index (χ4v) is 2.61. The van der Waals surface area contributed by atoms with Crippen LogP contribution >= 0.6 is 0 Å². The minimum Gasteiger partial charge on any atom is -0.494 e. The van der Waals surface area contributed by atoms with Crippen LogP contribution in [-0.4, -0.2) is 58.8 Å². The van der Waals surface area contributed by atoms with Crippen molar-refractivity contribution in [2.45, 2.75) is 58.6 Å². The molecule has 0 fully saturated rings. The Morgan fingerprint density at radius 2 is 1.86 bits per heavy atom. The average Bonchev–Trinajstić information content (AvgIpc) is 2.63. The van der Waals surface area contributed by atoms with Crippen LogP contribution in [0.3, 0.4) is 0 Å². The molecule has 8 nitrogen and oxygen atoms in total. The Hall–Kier alpha value is -2.10. The topological polar surface area (TPSA) is 128 Å². The fraction of sp³-hybridized carbons (Fsp3) is 0.579. The third kappa shape index (κ3) is 7.88. The van der Waals surface area contributed by atoms with Gasteiger partial charge in [0.1, 0.15) is 11.8 Å². The van der Waals surface area contributed by atoms with Crippen LogP contribution in [0.15, 0.2) is 24.3 Å². The molecule has 0 aliphatic heterocycles. The first-order valence-corrected chi connectivity index (χ1v) is 9.54. The summed E-state index contributed by atoms with van der Waals surface area (Å²) < 4.78 is 5.50. The molecule has 0 aliphatic carbocycles. The summed E-state index contributed by atoms with van der Waals surface area (Å²) in [5, 5.41) is 33.9. The molecule has 0 aliphatic rings. The van der Waals surface area contributed by atoms with Crippen molar-refractivity contribution in [1.29, 1.82) is 0 Å². The van der Waals surface area contributed by atoms with E-state index < -0.39 is 37.0 Å². The predicted molar refractivity (Wildman–Crippen MR) is 107 cm³/mol. The number of carbonyl (C=O) groups is 2. The second-order valence-corrected chi connectivity index (χ2v) is 7.23. The molecule has 0 aromatic heterocycles. The summed E-state index contributed by atoms with van der Waals surface area (Å²) in [5.74, 6) is -1.50. The van der Waals surface area contributed by atoms with E-state index >= 15 is 0 Å². The van der Waals surface area contributed by atoms with E-state index in [4.69, 9.17) is 4.74 Å². The molecule has 1 rings (SSSR count). The number of carbonyl (C=O) groups excluding carboxylic acids is 2. The quantitative estimate of drug-likeness (QED) is 0.348. The molecular formula is C19H31BN2O6.